The maximum absolute atomic E-state index is 5.79. The highest BCUT2D eigenvalue weighted by atomic mass is 79.9. The van der Waals surface area contributed by atoms with E-state index in [1.165, 1.54) is 5.56 Å². The fourth-order valence-corrected chi connectivity index (χ4v) is 2.45. The number of rotatable bonds is 2. The first kappa shape index (κ1) is 10.6. The Labute approximate surface area is 97.4 Å². The first-order chi connectivity index (χ1) is 7.09. The molecule has 0 aliphatic carbocycles. The molecule has 15 heavy (non-hydrogen) atoms. The quantitative estimate of drug-likeness (QED) is 0.908. The summed E-state index contributed by atoms with van der Waals surface area (Å²) in [7, 11) is 0. The number of nitrogens with zero attached hydrogens (tertiary/aromatic N) is 2. The van der Waals surface area contributed by atoms with Crippen LogP contribution >= 0.6 is 15.9 Å². The van der Waals surface area contributed by atoms with Gasteiger partial charge in [0.2, 0.25) is 0 Å². The van der Waals surface area contributed by atoms with Crippen molar-refractivity contribution in [2.45, 2.75) is 26.3 Å². The average molecular weight is 268 g/mol. The molecule has 2 rings (SSSR count). The molecule has 0 fully saturated rings. The fourth-order valence-electron chi connectivity index (χ4n) is 1.75. The second-order valence-electron chi connectivity index (χ2n) is 3.91. The zero-order chi connectivity index (χ0) is 11.0. The van der Waals surface area contributed by atoms with Crippen molar-refractivity contribution in [3.8, 4) is 0 Å². The van der Waals surface area contributed by atoms with Crippen molar-refractivity contribution >= 4 is 21.4 Å². The standard InChI is InChI=1S/C11H14BrN3/c1-7-4-3-5-15-9(6-8(2)13)14-11(12)10(7)15/h3-5,8H,6,13H2,1-2H3. The molecule has 2 heterocycles. The molecule has 80 valence electrons. The van der Waals surface area contributed by atoms with Crippen LogP contribution < -0.4 is 5.73 Å². The summed E-state index contributed by atoms with van der Waals surface area (Å²) in [5.74, 6) is 1.01. The van der Waals surface area contributed by atoms with Gasteiger partial charge in [-0.1, -0.05) is 6.07 Å². The number of hydrogen-bond donors (Lipinski definition) is 1. The number of aryl methyl sites for hydroxylation is 1. The Morgan fingerprint density at radius 1 is 1.60 bits per heavy atom. The van der Waals surface area contributed by atoms with E-state index >= 15 is 0 Å². The monoisotopic (exact) mass is 267 g/mol. The van der Waals surface area contributed by atoms with Crippen LogP contribution in [0.5, 0.6) is 0 Å². The molecule has 4 heteroatoms. The van der Waals surface area contributed by atoms with Gasteiger partial charge in [0.05, 0.1) is 5.52 Å². The van der Waals surface area contributed by atoms with Crippen molar-refractivity contribution < 1.29 is 0 Å². The molecule has 2 aromatic heterocycles. The first-order valence-electron chi connectivity index (χ1n) is 4.97. The van der Waals surface area contributed by atoms with Crippen LogP contribution in [0.15, 0.2) is 22.9 Å². The Bertz CT molecular complexity index is 488. The Morgan fingerprint density at radius 3 is 3.00 bits per heavy atom. The third-order valence-electron chi connectivity index (χ3n) is 2.40. The number of fused-ring (bicyclic) bond motifs is 1. The SMILES string of the molecule is Cc1cccn2c(CC(C)N)nc(Br)c12. The van der Waals surface area contributed by atoms with E-state index in [4.69, 9.17) is 5.73 Å². The smallest absolute Gasteiger partial charge is 0.132 e. The summed E-state index contributed by atoms with van der Waals surface area (Å²) >= 11 is 3.49. The second-order valence-corrected chi connectivity index (χ2v) is 4.66. The van der Waals surface area contributed by atoms with Crippen LogP contribution in [0.2, 0.25) is 0 Å². The van der Waals surface area contributed by atoms with Crippen molar-refractivity contribution in [1.82, 2.24) is 9.38 Å². The van der Waals surface area contributed by atoms with Gasteiger partial charge in [0.15, 0.2) is 0 Å². The minimum atomic E-state index is 0.128. The van der Waals surface area contributed by atoms with Crippen LogP contribution in [0.3, 0.4) is 0 Å². The van der Waals surface area contributed by atoms with Crippen LogP contribution in [0.4, 0.5) is 0 Å². The lowest BCUT2D eigenvalue weighted by Crippen LogP contribution is -2.19. The van der Waals surface area contributed by atoms with Crippen LogP contribution in [0.25, 0.3) is 5.52 Å². The third-order valence-corrected chi connectivity index (χ3v) is 2.95. The molecule has 0 saturated carbocycles. The zero-order valence-electron chi connectivity index (χ0n) is 8.87. The molecular weight excluding hydrogens is 254 g/mol. The molecule has 0 spiro atoms. The molecule has 2 aromatic rings. The van der Waals surface area contributed by atoms with E-state index in [1.807, 2.05) is 19.2 Å². The van der Waals surface area contributed by atoms with Crippen molar-refractivity contribution in [2.24, 2.45) is 5.73 Å². The van der Waals surface area contributed by atoms with E-state index in [-0.39, 0.29) is 6.04 Å². The van der Waals surface area contributed by atoms with E-state index in [0.717, 1.165) is 22.4 Å². The number of hydrogen-bond acceptors (Lipinski definition) is 2. The van der Waals surface area contributed by atoms with Crippen molar-refractivity contribution in [2.75, 3.05) is 0 Å². The number of aromatic nitrogens is 2. The molecule has 2 N–H and O–H groups in total. The van der Waals surface area contributed by atoms with E-state index in [0.29, 0.717) is 0 Å². The lowest BCUT2D eigenvalue weighted by Gasteiger charge is -2.04. The third kappa shape index (κ3) is 1.92. The van der Waals surface area contributed by atoms with Crippen LogP contribution in [-0.2, 0) is 6.42 Å². The minimum Gasteiger partial charge on any atom is -0.328 e. The highest BCUT2D eigenvalue weighted by molar-refractivity contribution is 9.10. The maximum Gasteiger partial charge on any atom is 0.132 e. The van der Waals surface area contributed by atoms with Gasteiger partial charge in [-0.05, 0) is 41.4 Å². The Hall–Kier alpha value is -0.870. The zero-order valence-corrected chi connectivity index (χ0v) is 10.5. The van der Waals surface area contributed by atoms with Gasteiger partial charge >= 0.3 is 0 Å². The minimum absolute atomic E-state index is 0.128. The summed E-state index contributed by atoms with van der Waals surface area (Å²) in [6.07, 6.45) is 2.81. The topological polar surface area (TPSA) is 43.3 Å². The summed E-state index contributed by atoms with van der Waals surface area (Å²) in [4.78, 5) is 4.49. The summed E-state index contributed by atoms with van der Waals surface area (Å²) in [6.45, 7) is 4.07. The van der Waals surface area contributed by atoms with Gasteiger partial charge < -0.3 is 10.1 Å². The largest absolute Gasteiger partial charge is 0.328 e. The molecule has 0 aliphatic rings. The number of halogens is 1. The van der Waals surface area contributed by atoms with Gasteiger partial charge in [0.1, 0.15) is 10.4 Å². The maximum atomic E-state index is 5.79. The highest BCUT2D eigenvalue weighted by Gasteiger charge is 2.11. The van der Waals surface area contributed by atoms with Gasteiger partial charge in [-0.25, -0.2) is 4.98 Å². The molecule has 0 aliphatic heterocycles. The molecule has 0 radical (unpaired) electrons. The lowest BCUT2D eigenvalue weighted by atomic mass is 10.2. The van der Waals surface area contributed by atoms with Gasteiger partial charge in [0.25, 0.3) is 0 Å². The van der Waals surface area contributed by atoms with Crippen molar-refractivity contribution in [3.05, 3.63) is 34.3 Å². The molecule has 0 amide bonds. The summed E-state index contributed by atoms with van der Waals surface area (Å²) in [5.41, 5.74) is 8.14. The first-order valence-corrected chi connectivity index (χ1v) is 5.76. The molecule has 1 unspecified atom stereocenters. The van der Waals surface area contributed by atoms with Crippen molar-refractivity contribution in [1.29, 1.82) is 0 Å². The summed E-state index contributed by atoms with van der Waals surface area (Å²) < 4.78 is 3.00. The second kappa shape index (κ2) is 3.94. The van der Waals surface area contributed by atoms with Gasteiger partial charge in [0, 0.05) is 18.7 Å². The Morgan fingerprint density at radius 2 is 2.33 bits per heavy atom. The summed E-state index contributed by atoms with van der Waals surface area (Å²) in [6, 6.07) is 4.24. The fraction of sp³-hybridized carbons (Fsp3) is 0.364. The van der Waals surface area contributed by atoms with Gasteiger partial charge in [-0.15, -0.1) is 0 Å². The number of nitrogens with two attached hydrogens (primary N) is 1. The number of imidazole rings is 1. The van der Waals surface area contributed by atoms with E-state index in [1.54, 1.807) is 0 Å². The van der Waals surface area contributed by atoms with Crippen molar-refractivity contribution in [3.63, 3.8) is 0 Å². The highest BCUT2D eigenvalue weighted by Crippen LogP contribution is 2.22. The van der Waals surface area contributed by atoms with E-state index in [2.05, 4.69) is 38.3 Å². The summed E-state index contributed by atoms with van der Waals surface area (Å²) in [5, 5.41) is 0. The molecule has 0 saturated heterocycles. The predicted molar refractivity (Wildman–Crippen MR) is 65.0 cm³/mol. The lowest BCUT2D eigenvalue weighted by molar-refractivity contribution is 0.699. The predicted octanol–water partition coefficient (Wildman–Crippen LogP) is 2.29. The number of pyridine rings is 1. The van der Waals surface area contributed by atoms with Gasteiger partial charge in [-0.2, -0.15) is 0 Å². The normalized spacial score (nSPS) is 13.3. The Kier molecular flexibility index (Phi) is 2.80. The van der Waals surface area contributed by atoms with E-state index in [9.17, 15) is 0 Å². The average Bonchev–Trinajstić information content (AvgIpc) is 2.44. The molecule has 3 nitrogen and oxygen atoms in total. The molecule has 1 atom stereocenters. The van der Waals surface area contributed by atoms with Gasteiger partial charge in [-0.3, -0.25) is 0 Å². The van der Waals surface area contributed by atoms with E-state index < -0.39 is 0 Å². The Balaban J connectivity index is 2.63. The molecular formula is C11H14BrN3. The van der Waals surface area contributed by atoms with Crippen LogP contribution in [0, 0.1) is 6.92 Å². The van der Waals surface area contributed by atoms with Crippen LogP contribution in [-0.4, -0.2) is 15.4 Å². The molecule has 0 bridgehead atoms. The molecule has 0 aromatic carbocycles. The van der Waals surface area contributed by atoms with Crippen LogP contribution in [0.1, 0.15) is 18.3 Å².